The van der Waals surface area contributed by atoms with Crippen LogP contribution in [0.1, 0.15) is 23.6 Å². The third-order valence-corrected chi connectivity index (χ3v) is 4.79. The summed E-state index contributed by atoms with van der Waals surface area (Å²) in [4.78, 5) is 4.20. The van der Waals surface area contributed by atoms with Crippen LogP contribution in [0.5, 0.6) is 5.75 Å². The van der Waals surface area contributed by atoms with Gasteiger partial charge in [0.2, 0.25) is 0 Å². The van der Waals surface area contributed by atoms with E-state index in [1.165, 1.54) is 12.1 Å². The first-order valence-electron chi connectivity index (χ1n) is 9.46. The van der Waals surface area contributed by atoms with Crippen LogP contribution in [0.2, 0.25) is 0 Å². The topological polar surface area (TPSA) is 34.1 Å². The number of halogens is 3. The van der Waals surface area contributed by atoms with Crippen molar-refractivity contribution < 1.29 is 17.9 Å². The molecule has 0 saturated carbocycles. The van der Waals surface area contributed by atoms with Gasteiger partial charge in [0.05, 0.1) is 6.04 Å². The molecular formula is C24H19F3N2O. The minimum Gasteiger partial charge on any atom is -0.405 e. The Morgan fingerprint density at radius 1 is 1.03 bits per heavy atom. The quantitative estimate of drug-likeness (QED) is 0.552. The molecule has 0 saturated heterocycles. The molecule has 1 N–H and O–H groups in total. The molecule has 0 bridgehead atoms. The van der Waals surface area contributed by atoms with Crippen LogP contribution in [-0.4, -0.2) is 11.3 Å². The molecule has 2 aromatic carbocycles. The summed E-state index contributed by atoms with van der Waals surface area (Å²) >= 11 is 0. The monoisotopic (exact) mass is 408 g/mol. The molecule has 1 unspecified atom stereocenters. The number of alkyl halides is 3. The second-order valence-electron chi connectivity index (χ2n) is 6.88. The van der Waals surface area contributed by atoms with Crippen molar-refractivity contribution in [2.45, 2.75) is 18.8 Å². The summed E-state index contributed by atoms with van der Waals surface area (Å²) in [5.41, 5.74) is 4.13. The molecule has 30 heavy (non-hydrogen) atoms. The van der Waals surface area contributed by atoms with Crippen molar-refractivity contribution in [2.24, 2.45) is 0 Å². The lowest BCUT2D eigenvalue weighted by molar-refractivity contribution is -0.274. The molecule has 3 aromatic rings. The Hall–Kier alpha value is -3.54. The van der Waals surface area contributed by atoms with Gasteiger partial charge in [0.25, 0.3) is 0 Å². The highest BCUT2D eigenvalue weighted by molar-refractivity contribution is 5.73. The van der Waals surface area contributed by atoms with Crippen molar-refractivity contribution >= 4 is 6.08 Å². The Balaban J connectivity index is 1.68. The van der Waals surface area contributed by atoms with Crippen molar-refractivity contribution in [3.63, 3.8) is 0 Å². The lowest BCUT2D eigenvalue weighted by Gasteiger charge is -2.24. The fraction of sp³-hybridized carbons (Fsp3) is 0.125. The first kappa shape index (κ1) is 19.8. The second kappa shape index (κ2) is 8.45. The summed E-state index contributed by atoms with van der Waals surface area (Å²) < 4.78 is 42.5. The normalized spacial score (nSPS) is 17.6. The van der Waals surface area contributed by atoms with Gasteiger partial charge in [-0.05, 0) is 53.1 Å². The lowest BCUT2D eigenvalue weighted by Crippen LogP contribution is -2.20. The third-order valence-electron chi connectivity index (χ3n) is 4.79. The first-order valence-corrected chi connectivity index (χ1v) is 9.46. The number of pyridine rings is 1. The number of aromatic nitrogens is 1. The summed E-state index contributed by atoms with van der Waals surface area (Å²) in [5, 5.41) is 3.35. The van der Waals surface area contributed by atoms with Gasteiger partial charge in [0, 0.05) is 18.0 Å². The number of nitrogens with zero attached hydrogens (tertiary/aromatic N) is 1. The first-order chi connectivity index (χ1) is 14.5. The van der Waals surface area contributed by atoms with E-state index in [9.17, 15) is 13.2 Å². The standard InChI is InChI=1S/C24H19F3N2O/c25-24(26,27)30-22-11-2-1-10-21(22)18-7-3-6-17(14-18)15-19-8-5-13-29-23(19)20-9-4-12-28-16-20/h1-7,9-16,23,29H,8H2. The fourth-order valence-corrected chi connectivity index (χ4v) is 3.51. The zero-order valence-corrected chi connectivity index (χ0v) is 15.9. The van der Waals surface area contributed by atoms with E-state index in [2.05, 4.69) is 21.1 Å². The summed E-state index contributed by atoms with van der Waals surface area (Å²) in [6, 6.07) is 17.5. The maximum absolute atomic E-state index is 12.8. The molecule has 0 amide bonds. The van der Waals surface area contributed by atoms with Crippen LogP contribution < -0.4 is 10.1 Å². The zero-order valence-electron chi connectivity index (χ0n) is 15.9. The van der Waals surface area contributed by atoms with Crippen molar-refractivity contribution in [3.8, 4) is 16.9 Å². The van der Waals surface area contributed by atoms with E-state index in [4.69, 9.17) is 0 Å². The van der Waals surface area contributed by atoms with Gasteiger partial charge in [-0.25, -0.2) is 0 Å². The number of benzene rings is 2. The Bertz CT molecular complexity index is 1080. The number of allylic oxidation sites excluding steroid dienone is 1. The van der Waals surface area contributed by atoms with Crippen molar-refractivity contribution in [1.29, 1.82) is 0 Å². The van der Waals surface area contributed by atoms with Gasteiger partial charge in [-0.3, -0.25) is 4.98 Å². The molecule has 0 aliphatic carbocycles. The van der Waals surface area contributed by atoms with Crippen LogP contribution in [0.3, 0.4) is 0 Å². The van der Waals surface area contributed by atoms with Gasteiger partial charge in [0.15, 0.2) is 0 Å². The third kappa shape index (κ3) is 4.71. The van der Waals surface area contributed by atoms with Crippen LogP contribution in [0.25, 0.3) is 17.2 Å². The Morgan fingerprint density at radius 3 is 2.70 bits per heavy atom. The van der Waals surface area contributed by atoms with Gasteiger partial charge in [-0.2, -0.15) is 0 Å². The number of rotatable bonds is 4. The molecule has 0 spiro atoms. The van der Waals surface area contributed by atoms with Crippen LogP contribution in [-0.2, 0) is 0 Å². The predicted octanol–water partition coefficient (Wildman–Crippen LogP) is 6.28. The van der Waals surface area contributed by atoms with Gasteiger partial charge < -0.3 is 10.1 Å². The number of ether oxygens (including phenoxy) is 1. The van der Waals surface area contributed by atoms with E-state index in [1.807, 2.05) is 48.8 Å². The average molecular weight is 408 g/mol. The molecule has 152 valence electrons. The number of hydrogen-bond donors (Lipinski definition) is 1. The Morgan fingerprint density at radius 2 is 1.90 bits per heavy atom. The summed E-state index contributed by atoms with van der Waals surface area (Å²) in [6.07, 6.45) is 5.61. The van der Waals surface area contributed by atoms with E-state index in [0.29, 0.717) is 11.1 Å². The van der Waals surface area contributed by atoms with Gasteiger partial charge >= 0.3 is 6.36 Å². The maximum atomic E-state index is 12.8. The molecule has 2 heterocycles. The number of nitrogens with one attached hydrogen (secondary N) is 1. The summed E-state index contributed by atoms with van der Waals surface area (Å²) in [7, 11) is 0. The van der Waals surface area contributed by atoms with Gasteiger partial charge in [0.1, 0.15) is 5.75 Å². The molecule has 4 rings (SSSR count). The van der Waals surface area contributed by atoms with Crippen molar-refractivity contribution in [2.75, 3.05) is 0 Å². The highest BCUT2D eigenvalue weighted by Crippen LogP contribution is 2.35. The second-order valence-corrected chi connectivity index (χ2v) is 6.88. The summed E-state index contributed by atoms with van der Waals surface area (Å²) in [6.45, 7) is 0. The van der Waals surface area contributed by atoms with Gasteiger partial charge in [-0.15, -0.1) is 13.2 Å². The minimum absolute atomic E-state index is 0.00629. The predicted molar refractivity (Wildman–Crippen MR) is 110 cm³/mol. The van der Waals surface area contributed by atoms with Crippen LogP contribution in [0.15, 0.2) is 90.9 Å². The van der Waals surface area contributed by atoms with Crippen molar-refractivity contribution in [1.82, 2.24) is 10.3 Å². The molecule has 1 aliphatic rings. The smallest absolute Gasteiger partial charge is 0.405 e. The number of hydrogen-bond acceptors (Lipinski definition) is 3. The molecule has 0 radical (unpaired) electrons. The van der Waals surface area contributed by atoms with Crippen LogP contribution in [0, 0.1) is 0 Å². The molecular weight excluding hydrogens is 389 g/mol. The highest BCUT2D eigenvalue weighted by Gasteiger charge is 2.32. The zero-order chi connectivity index (χ0) is 21.0. The van der Waals surface area contributed by atoms with E-state index < -0.39 is 6.36 Å². The molecule has 1 aromatic heterocycles. The highest BCUT2D eigenvalue weighted by atomic mass is 19.4. The summed E-state index contributed by atoms with van der Waals surface area (Å²) in [5.74, 6) is -0.217. The Kier molecular flexibility index (Phi) is 5.57. The van der Waals surface area contributed by atoms with Gasteiger partial charge in [-0.1, -0.05) is 54.6 Å². The van der Waals surface area contributed by atoms with E-state index in [1.54, 1.807) is 24.4 Å². The molecule has 0 fully saturated rings. The molecule has 1 aliphatic heterocycles. The molecule has 3 nitrogen and oxygen atoms in total. The largest absolute Gasteiger partial charge is 0.573 e. The average Bonchev–Trinajstić information content (AvgIpc) is 2.74. The molecule has 1 atom stereocenters. The van der Waals surface area contributed by atoms with Crippen molar-refractivity contribution in [3.05, 3.63) is 102 Å². The van der Waals surface area contributed by atoms with E-state index >= 15 is 0 Å². The SMILES string of the molecule is FC(F)(F)Oc1ccccc1-c1cccc(C=C2CC=CNC2c2cccnc2)c1. The van der Waals surface area contributed by atoms with E-state index in [0.717, 1.165) is 23.1 Å². The van der Waals surface area contributed by atoms with Crippen LogP contribution in [0.4, 0.5) is 13.2 Å². The minimum atomic E-state index is -4.74. The Labute approximate surface area is 172 Å². The molecule has 6 heteroatoms. The lowest BCUT2D eigenvalue weighted by atomic mass is 9.92. The number of para-hydroxylation sites is 1. The van der Waals surface area contributed by atoms with Crippen LogP contribution >= 0.6 is 0 Å². The fourth-order valence-electron chi connectivity index (χ4n) is 3.51. The van der Waals surface area contributed by atoms with E-state index in [-0.39, 0.29) is 11.8 Å². The maximum Gasteiger partial charge on any atom is 0.573 e.